The molecule has 0 radical (unpaired) electrons. The lowest BCUT2D eigenvalue weighted by Crippen LogP contribution is -2.47. The molecule has 6 heteroatoms. The second-order valence-electron chi connectivity index (χ2n) is 9.96. The number of nitrogens with zero attached hydrogens (tertiary/aromatic N) is 2. The van der Waals surface area contributed by atoms with Gasteiger partial charge in [-0.1, -0.05) is 0 Å². The van der Waals surface area contributed by atoms with Gasteiger partial charge in [-0.05, 0) is 58.8 Å². The van der Waals surface area contributed by atoms with Gasteiger partial charge in [-0.2, -0.15) is 0 Å². The molecule has 0 aromatic heterocycles. The number of piperidine rings is 2. The molecule has 2 unspecified atom stereocenters. The summed E-state index contributed by atoms with van der Waals surface area (Å²) in [6.07, 6.45) is 5.32. The van der Waals surface area contributed by atoms with Crippen LogP contribution in [0.15, 0.2) is 0 Å². The maximum absolute atomic E-state index is 12.3. The van der Waals surface area contributed by atoms with Crippen LogP contribution in [0.25, 0.3) is 0 Å². The Hall–Kier alpha value is -1.30. The van der Waals surface area contributed by atoms with E-state index in [1.807, 2.05) is 25.7 Å². The predicted molar refractivity (Wildman–Crippen MR) is 98.7 cm³/mol. The van der Waals surface area contributed by atoms with Gasteiger partial charge in [0, 0.05) is 50.1 Å². The molecule has 0 aromatic carbocycles. The van der Waals surface area contributed by atoms with Gasteiger partial charge in [0.25, 0.3) is 0 Å². The summed E-state index contributed by atoms with van der Waals surface area (Å²) in [6, 6.07) is 0.355. The number of rotatable bonds is 4. The topological polar surface area (TPSA) is 61.9 Å². The van der Waals surface area contributed by atoms with Gasteiger partial charge in [-0.15, -0.1) is 0 Å². The van der Waals surface area contributed by atoms with E-state index in [0.29, 0.717) is 23.3 Å². The third kappa shape index (κ3) is 4.00. The molecule has 26 heavy (non-hydrogen) atoms. The summed E-state index contributed by atoms with van der Waals surface area (Å²) in [5, 5.41) is 3.22. The van der Waals surface area contributed by atoms with Gasteiger partial charge < -0.3 is 19.9 Å². The summed E-state index contributed by atoms with van der Waals surface area (Å²) in [5.74, 6) is 1.21. The number of carbonyl (C=O) groups excluding carboxylic acids is 2. The first-order chi connectivity index (χ1) is 12.2. The van der Waals surface area contributed by atoms with Gasteiger partial charge in [0.1, 0.15) is 5.60 Å². The van der Waals surface area contributed by atoms with Gasteiger partial charge in [0.05, 0.1) is 0 Å². The Labute approximate surface area is 156 Å². The second-order valence-corrected chi connectivity index (χ2v) is 9.96. The number of hydrogen-bond donors (Lipinski definition) is 1. The van der Waals surface area contributed by atoms with Gasteiger partial charge >= 0.3 is 6.09 Å². The van der Waals surface area contributed by atoms with Crippen LogP contribution in [0.3, 0.4) is 0 Å². The zero-order chi connectivity index (χ0) is 18.5. The van der Waals surface area contributed by atoms with Gasteiger partial charge in [0.2, 0.25) is 5.91 Å². The summed E-state index contributed by atoms with van der Waals surface area (Å²) in [5.41, 5.74) is -0.134. The average Bonchev–Trinajstić information content (AvgIpc) is 3.46. The summed E-state index contributed by atoms with van der Waals surface area (Å²) < 4.78 is 5.53. The molecule has 2 heterocycles. The molecular formula is C20H33N3O3. The van der Waals surface area contributed by atoms with Crippen LogP contribution in [0.2, 0.25) is 0 Å². The smallest absolute Gasteiger partial charge is 0.410 e. The number of ether oxygens (including phenoxy) is 1. The molecule has 2 amide bonds. The largest absolute Gasteiger partial charge is 0.444 e. The fourth-order valence-corrected chi connectivity index (χ4v) is 4.65. The maximum atomic E-state index is 12.3. The highest BCUT2D eigenvalue weighted by Gasteiger charge is 2.61. The van der Waals surface area contributed by atoms with E-state index in [2.05, 4.69) is 10.2 Å². The third-order valence-electron chi connectivity index (χ3n) is 6.38. The quantitative estimate of drug-likeness (QED) is 0.832. The Morgan fingerprint density at radius 2 is 1.85 bits per heavy atom. The van der Waals surface area contributed by atoms with Crippen molar-refractivity contribution in [1.29, 1.82) is 0 Å². The highest BCUT2D eigenvalue weighted by atomic mass is 16.6. The van der Waals surface area contributed by atoms with Crippen molar-refractivity contribution in [2.24, 2.45) is 17.3 Å². The van der Waals surface area contributed by atoms with E-state index in [0.717, 1.165) is 58.4 Å². The van der Waals surface area contributed by atoms with Gasteiger partial charge in [-0.3, -0.25) is 4.79 Å². The Kier molecular flexibility index (Phi) is 4.45. The van der Waals surface area contributed by atoms with Crippen LogP contribution in [0.1, 0.15) is 52.9 Å². The van der Waals surface area contributed by atoms with E-state index >= 15 is 0 Å². The van der Waals surface area contributed by atoms with Crippen molar-refractivity contribution < 1.29 is 14.3 Å². The molecule has 2 saturated carbocycles. The number of nitrogens with one attached hydrogen (secondary N) is 1. The lowest BCUT2D eigenvalue weighted by Gasteiger charge is -2.35. The molecular weight excluding hydrogens is 330 g/mol. The lowest BCUT2D eigenvalue weighted by atomic mass is 10.0. The Morgan fingerprint density at radius 3 is 2.46 bits per heavy atom. The minimum Gasteiger partial charge on any atom is -0.444 e. The number of hydrogen-bond acceptors (Lipinski definition) is 4. The molecule has 4 fully saturated rings. The minimum absolute atomic E-state index is 0.162. The first-order valence-electron chi connectivity index (χ1n) is 10.2. The minimum atomic E-state index is -0.427. The molecule has 1 N–H and O–H groups in total. The third-order valence-corrected chi connectivity index (χ3v) is 6.38. The van der Waals surface area contributed by atoms with Crippen molar-refractivity contribution in [2.75, 3.05) is 32.7 Å². The maximum Gasteiger partial charge on any atom is 0.410 e. The van der Waals surface area contributed by atoms with E-state index in [4.69, 9.17) is 4.74 Å². The van der Waals surface area contributed by atoms with Crippen LogP contribution >= 0.6 is 0 Å². The van der Waals surface area contributed by atoms with Gasteiger partial charge in [-0.25, -0.2) is 4.79 Å². The molecule has 2 saturated heterocycles. The van der Waals surface area contributed by atoms with E-state index in [1.54, 1.807) is 0 Å². The molecule has 2 aliphatic carbocycles. The zero-order valence-corrected chi connectivity index (χ0v) is 16.4. The van der Waals surface area contributed by atoms with Crippen LogP contribution in [0.4, 0.5) is 4.79 Å². The zero-order valence-electron chi connectivity index (χ0n) is 16.4. The standard InChI is InChI=1S/C20H33N3O3/c1-19(2,3)26-18(25)23-11-15-10-20(15,13-23)12-22-8-6-16(7-9-22)21-17(24)14-4-5-14/h14-16H,4-13H2,1-3H3,(H,21,24). The second kappa shape index (κ2) is 6.39. The first-order valence-corrected chi connectivity index (χ1v) is 10.2. The monoisotopic (exact) mass is 363 g/mol. The number of carbonyl (C=O) groups is 2. The van der Waals surface area contributed by atoms with Crippen molar-refractivity contribution in [2.45, 2.75) is 64.5 Å². The highest BCUT2D eigenvalue weighted by molar-refractivity contribution is 5.81. The Morgan fingerprint density at radius 1 is 1.15 bits per heavy atom. The van der Waals surface area contributed by atoms with Gasteiger partial charge in [0.15, 0.2) is 0 Å². The average molecular weight is 364 g/mol. The molecule has 4 rings (SSSR count). The van der Waals surface area contributed by atoms with Crippen LogP contribution in [-0.2, 0) is 9.53 Å². The molecule has 0 spiro atoms. The summed E-state index contributed by atoms with van der Waals surface area (Å²) in [7, 11) is 0. The summed E-state index contributed by atoms with van der Waals surface area (Å²) in [6.45, 7) is 10.6. The number of amides is 2. The van der Waals surface area contributed by atoms with E-state index < -0.39 is 5.60 Å². The molecule has 0 aromatic rings. The van der Waals surface area contributed by atoms with E-state index in [1.165, 1.54) is 6.42 Å². The molecule has 146 valence electrons. The van der Waals surface area contributed by atoms with Crippen LogP contribution in [0.5, 0.6) is 0 Å². The van der Waals surface area contributed by atoms with E-state index in [-0.39, 0.29) is 12.0 Å². The predicted octanol–water partition coefficient (Wildman–Crippen LogP) is 2.23. The van der Waals surface area contributed by atoms with Crippen LogP contribution < -0.4 is 5.32 Å². The Balaban J connectivity index is 1.22. The normalized spacial score (nSPS) is 32.3. The lowest BCUT2D eigenvalue weighted by molar-refractivity contribution is -0.123. The highest BCUT2D eigenvalue weighted by Crippen LogP contribution is 2.58. The molecule has 2 aliphatic heterocycles. The summed E-state index contributed by atoms with van der Waals surface area (Å²) in [4.78, 5) is 28.7. The van der Waals surface area contributed by atoms with Crippen molar-refractivity contribution in [3.63, 3.8) is 0 Å². The molecule has 0 bridgehead atoms. The fraction of sp³-hybridized carbons (Fsp3) is 0.900. The van der Waals surface area contributed by atoms with Crippen LogP contribution in [0, 0.1) is 17.3 Å². The Bertz CT molecular complexity index is 575. The molecule has 6 nitrogen and oxygen atoms in total. The number of likely N-dealkylation sites (tertiary alicyclic amines) is 2. The molecule has 4 aliphatic rings. The fourth-order valence-electron chi connectivity index (χ4n) is 4.65. The number of fused-ring (bicyclic) bond motifs is 1. The molecule has 2 atom stereocenters. The van der Waals surface area contributed by atoms with Crippen molar-refractivity contribution in [3.05, 3.63) is 0 Å². The van der Waals surface area contributed by atoms with E-state index in [9.17, 15) is 9.59 Å². The SMILES string of the molecule is CC(C)(C)OC(=O)N1CC2CC2(CN2CCC(NC(=O)C3CC3)CC2)C1. The summed E-state index contributed by atoms with van der Waals surface area (Å²) >= 11 is 0. The first kappa shape index (κ1) is 18.1. The van der Waals surface area contributed by atoms with Crippen molar-refractivity contribution >= 4 is 12.0 Å². The van der Waals surface area contributed by atoms with Crippen molar-refractivity contribution in [1.82, 2.24) is 15.1 Å². The van der Waals surface area contributed by atoms with Crippen LogP contribution in [-0.4, -0.2) is 66.2 Å². The van der Waals surface area contributed by atoms with Crippen molar-refractivity contribution in [3.8, 4) is 0 Å².